The fourth-order valence-electron chi connectivity index (χ4n) is 3.05. The minimum absolute atomic E-state index is 0.0204. The Balaban J connectivity index is 1.66. The summed E-state index contributed by atoms with van der Waals surface area (Å²) in [5.41, 5.74) is 4.69. The molecule has 0 radical (unpaired) electrons. The van der Waals surface area contributed by atoms with Gasteiger partial charge in [0.1, 0.15) is 6.61 Å². The summed E-state index contributed by atoms with van der Waals surface area (Å²) in [6.07, 6.45) is 1.18. The zero-order chi connectivity index (χ0) is 16.9. The topological polar surface area (TPSA) is 55.4 Å². The van der Waals surface area contributed by atoms with Crippen LogP contribution in [0.25, 0.3) is 11.1 Å². The van der Waals surface area contributed by atoms with Crippen LogP contribution in [0.3, 0.4) is 0 Å². The van der Waals surface area contributed by atoms with E-state index in [4.69, 9.17) is 4.74 Å². The Kier molecular flexibility index (Phi) is 4.75. The molecule has 0 aromatic heterocycles. The third-order valence-electron chi connectivity index (χ3n) is 4.15. The number of fused-ring (bicyclic) bond motifs is 3. The first-order chi connectivity index (χ1) is 11.7. The number of allylic oxidation sites excluding steroid dienone is 1. The molecule has 122 valence electrons. The molecule has 3 rings (SSSR count). The highest BCUT2D eigenvalue weighted by Gasteiger charge is 2.28. The van der Waals surface area contributed by atoms with Crippen LogP contribution in [0.5, 0.6) is 0 Å². The van der Waals surface area contributed by atoms with Gasteiger partial charge in [-0.25, -0.2) is 4.79 Å². The molecule has 0 unspecified atom stereocenters. The zero-order valence-corrected chi connectivity index (χ0v) is 13.3. The van der Waals surface area contributed by atoms with Crippen molar-refractivity contribution in [2.45, 2.75) is 12.3 Å². The second-order valence-corrected chi connectivity index (χ2v) is 5.71. The molecule has 0 aliphatic heterocycles. The van der Waals surface area contributed by atoms with Gasteiger partial charge in [-0.2, -0.15) is 0 Å². The molecule has 24 heavy (non-hydrogen) atoms. The molecule has 0 saturated carbocycles. The Labute approximate surface area is 141 Å². The monoisotopic (exact) mass is 321 g/mol. The van der Waals surface area contributed by atoms with Gasteiger partial charge in [-0.1, -0.05) is 54.6 Å². The van der Waals surface area contributed by atoms with E-state index in [0.29, 0.717) is 0 Å². The number of nitrogens with one attached hydrogen (secondary N) is 1. The smallest absolute Gasteiger partial charge is 0.407 e. The molecule has 1 amide bonds. The lowest BCUT2D eigenvalue weighted by atomic mass is 9.98. The average molecular weight is 321 g/mol. The lowest BCUT2D eigenvalue weighted by Crippen LogP contribution is -2.30. The molecule has 0 fully saturated rings. The second-order valence-electron chi connectivity index (χ2n) is 5.71. The average Bonchev–Trinajstić information content (AvgIpc) is 2.92. The Morgan fingerprint density at radius 3 is 2.21 bits per heavy atom. The summed E-state index contributed by atoms with van der Waals surface area (Å²) in [5.74, 6) is -0.0782. The molecule has 0 atom stereocenters. The minimum Gasteiger partial charge on any atom is -0.449 e. The summed E-state index contributed by atoms with van der Waals surface area (Å²) < 4.78 is 5.34. The van der Waals surface area contributed by atoms with Gasteiger partial charge >= 0.3 is 6.09 Å². The van der Waals surface area contributed by atoms with E-state index >= 15 is 0 Å². The van der Waals surface area contributed by atoms with Crippen molar-refractivity contribution < 1.29 is 14.3 Å². The Bertz CT molecular complexity index is 736. The van der Waals surface area contributed by atoms with Crippen LogP contribution in [0.2, 0.25) is 0 Å². The Morgan fingerprint density at radius 1 is 1.04 bits per heavy atom. The van der Waals surface area contributed by atoms with E-state index in [2.05, 4.69) is 36.2 Å². The normalized spacial score (nSPS) is 12.2. The van der Waals surface area contributed by atoms with Crippen LogP contribution < -0.4 is 5.32 Å². The van der Waals surface area contributed by atoms with E-state index in [0.717, 1.165) is 11.1 Å². The minimum atomic E-state index is -0.575. The van der Waals surface area contributed by atoms with Crippen molar-refractivity contribution in [2.75, 3.05) is 13.2 Å². The summed E-state index contributed by atoms with van der Waals surface area (Å²) in [6, 6.07) is 16.3. The van der Waals surface area contributed by atoms with Crippen LogP contribution in [-0.4, -0.2) is 25.0 Å². The molecule has 0 spiro atoms. The number of ketones is 1. The predicted octanol–water partition coefficient (Wildman–Crippen LogP) is 3.67. The highest BCUT2D eigenvalue weighted by molar-refractivity contribution is 5.85. The van der Waals surface area contributed by atoms with Crippen LogP contribution in [0.15, 0.2) is 61.2 Å². The van der Waals surface area contributed by atoms with Crippen molar-refractivity contribution in [1.29, 1.82) is 0 Å². The van der Waals surface area contributed by atoms with E-state index < -0.39 is 6.09 Å². The van der Waals surface area contributed by atoms with Crippen molar-refractivity contribution in [3.05, 3.63) is 72.3 Å². The fourth-order valence-corrected chi connectivity index (χ4v) is 3.05. The molecule has 4 nitrogen and oxygen atoms in total. The van der Waals surface area contributed by atoms with Crippen LogP contribution in [0.4, 0.5) is 4.79 Å². The third kappa shape index (κ3) is 3.23. The highest BCUT2D eigenvalue weighted by atomic mass is 16.5. The van der Waals surface area contributed by atoms with Crippen molar-refractivity contribution in [2.24, 2.45) is 0 Å². The number of hydrogen-bond donors (Lipinski definition) is 1. The van der Waals surface area contributed by atoms with Crippen LogP contribution in [0, 0.1) is 0 Å². The molecule has 2 aromatic carbocycles. The van der Waals surface area contributed by atoms with Gasteiger partial charge in [-0.3, -0.25) is 4.79 Å². The maximum atomic E-state index is 11.8. The lowest BCUT2D eigenvalue weighted by molar-refractivity contribution is -0.117. The zero-order valence-electron chi connectivity index (χ0n) is 13.3. The third-order valence-corrected chi connectivity index (χ3v) is 4.15. The van der Waals surface area contributed by atoms with Gasteiger partial charge in [0, 0.05) is 12.3 Å². The van der Waals surface area contributed by atoms with Gasteiger partial charge in [0.25, 0.3) is 0 Å². The summed E-state index contributed by atoms with van der Waals surface area (Å²) >= 11 is 0. The van der Waals surface area contributed by atoms with E-state index in [1.807, 2.05) is 24.3 Å². The van der Waals surface area contributed by atoms with Crippen LogP contribution in [-0.2, 0) is 9.53 Å². The predicted molar refractivity (Wildman–Crippen MR) is 92.9 cm³/mol. The molecule has 0 saturated heterocycles. The van der Waals surface area contributed by atoms with E-state index in [-0.39, 0.29) is 31.3 Å². The molecule has 1 aliphatic carbocycles. The van der Waals surface area contributed by atoms with Crippen molar-refractivity contribution in [1.82, 2.24) is 5.32 Å². The van der Waals surface area contributed by atoms with Crippen molar-refractivity contribution in [3.8, 4) is 11.1 Å². The second kappa shape index (κ2) is 7.13. The molecular weight excluding hydrogens is 302 g/mol. The van der Waals surface area contributed by atoms with Crippen molar-refractivity contribution >= 4 is 11.9 Å². The van der Waals surface area contributed by atoms with Crippen molar-refractivity contribution in [3.63, 3.8) is 0 Å². The largest absolute Gasteiger partial charge is 0.449 e. The number of rotatable bonds is 6. The first-order valence-electron chi connectivity index (χ1n) is 7.92. The van der Waals surface area contributed by atoms with E-state index in [1.54, 1.807) is 0 Å². The van der Waals surface area contributed by atoms with Gasteiger partial charge in [0.2, 0.25) is 0 Å². The number of carbonyl (C=O) groups excluding carboxylic acids is 2. The summed E-state index contributed by atoms with van der Waals surface area (Å²) in [4.78, 5) is 23.2. The molecule has 0 heterocycles. The summed E-state index contributed by atoms with van der Waals surface area (Å²) in [6.45, 7) is 3.70. The molecule has 0 bridgehead atoms. The maximum absolute atomic E-state index is 11.8. The summed E-state index contributed by atoms with van der Waals surface area (Å²) in [5, 5.41) is 2.48. The molecule has 1 aliphatic rings. The molecule has 4 heteroatoms. The Hall–Kier alpha value is -2.88. The number of Topliss-reactive ketones (excluding diaryl/α,β-unsaturated/α-hetero) is 1. The van der Waals surface area contributed by atoms with Gasteiger partial charge in [0.05, 0.1) is 6.54 Å². The van der Waals surface area contributed by atoms with Gasteiger partial charge in [-0.05, 0) is 22.3 Å². The SMILES string of the molecule is C=CCC(=O)CNC(=O)OCC1c2ccccc2-c2ccccc21. The maximum Gasteiger partial charge on any atom is 0.407 e. The van der Waals surface area contributed by atoms with E-state index in [1.165, 1.54) is 17.2 Å². The van der Waals surface area contributed by atoms with E-state index in [9.17, 15) is 9.59 Å². The lowest BCUT2D eigenvalue weighted by Gasteiger charge is -2.14. The molecular formula is C20H19NO3. The number of amides is 1. The quantitative estimate of drug-likeness (QED) is 0.826. The van der Waals surface area contributed by atoms with Gasteiger partial charge < -0.3 is 10.1 Å². The first kappa shape index (κ1) is 16.0. The Morgan fingerprint density at radius 2 is 1.62 bits per heavy atom. The summed E-state index contributed by atoms with van der Waals surface area (Å²) in [7, 11) is 0. The van der Waals surface area contributed by atoms with Crippen LogP contribution >= 0.6 is 0 Å². The van der Waals surface area contributed by atoms with Gasteiger partial charge in [0.15, 0.2) is 5.78 Å². The number of ether oxygens (including phenoxy) is 1. The molecule has 2 aromatic rings. The number of hydrogen-bond acceptors (Lipinski definition) is 3. The number of benzene rings is 2. The van der Waals surface area contributed by atoms with Gasteiger partial charge in [-0.15, -0.1) is 6.58 Å². The number of carbonyl (C=O) groups is 2. The first-order valence-corrected chi connectivity index (χ1v) is 7.92. The fraction of sp³-hybridized carbons (Fsp3) is 0.200. The molecule has 1 N–H and O–H groups in total. The standard InChI is InChI=1S/C20H19NO3/c1-2-7-14(22)12-21-20(23)24-13-19-17-10-5-3-8-15(17)16-9-4-6-11-18(16)19/h2-6,8-11,19H,1,7,12-13H2,(H,21,23). The number of alkyl carbamates (subject to hydrolysis) is 1. The highest BCUT2D eigenvalue weighted by Crippen LogP contribution is 2.44. The van der Waals surface area contributed by atoms with Crippen LogP contribution in [0.1, 0.15) is 23.5 Å².